The molecular weight excluding hydrogens is 1440 g/mol. The molecule has 37 heteroatoms. The fraction of sp³-hybridized carbons (Fsp3) is 0.682. The number of allylic oxidation sites excluding steroid dienone is 3. The number of nitrogens with one attached hydrogen (secondary N) is 1. The molecule has 2 saturated heterocycles. The summed E-state index contributed by atoms with van der Waals surface area (Å²) in [5, 5.41) is 25.5. The maximum atomic E-state index is 14.3. The molecule has 0 saturated carbocycles. The lowest BCUT2D eigenvalue weighted by molar-refractivity contribution is -0.162. The molecule has 103 heavy (non-hydrogen) atoms. The molecule has 4 N–H and O–H groups in total. The van der Waals surface area contributed by atoms with E-state index in [1.807, 2.05) is 31.2 Å². The van der Waals surface area contributed by atoms with Crippen LogP contribution in [0.2, 0.25) is 5.02 Å². The van der Waals surface area contributed by atoms with Crippen LogP contribution in [0.1, 0.15) is 91.0 Å². The van der Waals surface area contributed by atoms with Crippen LogP contribution in [0, 0.1) is 5.92 Å². The number of alkyl carbamates (subject to hydrolysis) is 1. The highest BCUT2D eigenvalue weighted by Gasteiger charge is 2.64. The highest BCUT2D eigenvalue weighted by Crippen LogP contribution is 2.49. The van der Waals surface area contributed by atoms with Gasteiger partial charge in [-0.05, 0) is 97.2 Å². The maximum Gasteiger partial charge on any atom is 0.409 e. The Morgan fingerprint density at radius 3 is 1.91 bits per heavy atom. The molecule has 0 unspecified atom stereocenters. The highest BCUT2D eigenvalue weighted by molar-refractivity contribution is 8.77. The maximum absolute atomic E-state index is 14.3. The average molecular weight is 1540 g/mol. The van der Waals surface area contributed by atoms with Gasteiger partial charge in [0.15, 0.2) is 5.72 Å². The van der Waals surface area contributed by atoms with Crippen LogP contribution in [-0.4, -0.2) is 243 Å². The van der Waals surface area contributed by atoms with Crippen LogP contribution in [0.3, 0.4) is 0 Å². The summed E-state index contributed by atoms with van der Waals surface area (Å²) in [7, 11) is 12.2. The lowest BCUT2D eigenvalue weighted by Gasteiger charge is -2.42. The normalized spacial score (nSPS) is 21.0. The van der Waals surface area contributed by atoms with Crippen molar-refractivity contribution in [3.8, 4) is 5.75 Å². The number of rotatable bonds is 45. The number of nitrogens with zero attached hydrogens (tertiary/aromatic N) is 12. The van der Waals surface area contributed by atoms with E-state index in [-0.39, 0.29) is 48.3 Å². The van der Waals surface area contributed by atoms with E-state index >= 15 is 0 Å². The number of amides is 3. The van der Waals surface area contributed by atoms with Crippen LogP contribution >= 0.6 is 54.8 Å². The minimum Gasteiger partial charge on any atom is -0.495 e. The van der Waals surface area contributed by atoms with Gasteiger partial charge in [-0.2, -0.15) is 0 Å². The topological polar surface area (TPSA) is 431 Å². The van der Waals surface area contributed by atoms with Crippen LogP contribution in [0.25, 0.3) is 31.3 Å². The van der Waals surface area contributed by atoms with Crippen molar-refractivity contribution in [2.45, 2.75) is 139 Å². The van der Waals surface area contributed by atoms with Crippen molar-refractivity contribution >= 4 is 95.9 Å². The molecule has 0 aliphatic carbocycles. The molecular formula is C66H101ClN14O18S4. The Kier molecular flexibility index (Phi) is 47.4. The number of carbonyl (C=O) groups is 6. The largest absolute Gasteiger partial charge is 0.495 e. The number of carbonyl (C=O) groups excluding carboxylic acids is 6. The van der Waals surface area contributed by atoms with E-state index in [0.717, 1.165) is 28.3 Å². The van der Waals surface area contributed by atoms with Crippen molar-refractivity contribution in [1.29, 1.82) is 0 Å². The third-order valence-corrected chi connectivity index (χ3v) is 20.8. The summed E-state index contributed by atoms with van der Waals surface area (Å²) >= 11 is 6.80. The molecule has 4 bridgehead atoms. The molecule has 1 aromatic heterocycles. The first kappa shape index (κ1) is 91.1. The number of ether oxygens (including phenoxy) is 11. The Morgan fingerprint density at radius 1 is 0.825 bits per heavy atom. The Balaban J connectivity index is 0.000000622. The summed E-state index contributed by atoms with van der Waals surface area (Å²) in [6.45, 7) is 13.9. The van der Waals surface area contributed by atoms with Crippen LogP contribution in [0.4, 0.5) is 10.5 Å². The summed E-state index contributed by atoms with van der Waals surface area (Å²) in [4.78, 5) is 93.3. The molecule has 574 valence electrons. The first-order valence-electron chi connectivity index (χ1n) is 33.6. The van der Waals surface area contributed by atoms with E-state index in [1.54, 1.807) is 79.9 Å². The molecule has 32 nitrogen and oxygen atoms in total. The number of halogens is 1. The van der Waals surface area contributed by atoms with Crippen molar-refractivity contribution in [1.82, 2.24) is 15.2 Å². The van der Waals surface area contributed by atoms with Crippen LogP contribution in [0.15, 0.2) is 80.7 Å². The van der Waals surface area contributed by atoms with E-state index in [1.165, 1.54) is 52.7 Å². The monoisotopic (exact) mass is 1540 g/mol. The molecule has 3 aliphatic rings. The summed E-state index contributed by atoms with van der Waals surface area (Å²) in [6.07, 6.45) is 5.81. The number of fused-ring (bicyclic) bond motifs is 5. The molecule has 8 atom stereocenters. The summed E-state index contributed by atoms with van der Waals surface area (Å²) < 4.78 is 60.8. The van der Waals surface area contributed by atoms with E-state index in [4.69, 9.17) is 86.0 Å². The number of methoxy groups -OCH3 is 2. The predicted molar refractivity (Wildman–Crippen MR) is 397 cm³/mol. The second-order valence-corrected chi connectivity index (χ2v) is 29.0. The number of hydrogen-bond donors (Lipinski definition) is 3. The van der Waals surface area contributed by atoms with Gasteiger partial charge in [0.05, 0.1) is 91.4 Å². The lowest BCUT2D eigenvalue weighted by atomic mass is 9.83. The van der Waals surface area contributed by atoms with Gasteiger partial charge in [-0.15, -0.1) is 0 Å². The third kappa shape index (κ3) is 36.6. The second kappa shape index (κ2) is 53.6. The van der Waals surface area contributed by atoms with Crippen LogP contribution in [-0.2, 0) is 77.8 Å². The average Bonchev–Trinajstić information content (AvgIpc) is 1.57. The van der Waals surface area contributed by atoms with Gasteiger partial charge in [0.2, 0.25) is 11.8 Å². The number of benzene rings is 1. The van der Waals surface area contributed by atoms with Crippen LogP contribution < -0.4 is 20.7 Å². The Labute approximate surface area is 623 Å². The van der Waals surface area contributed by atoms with Gasteiger partial charge < -0.3 is 72.7 Å². The van der Waals surface area contributed by atoms with Crippen LogP contribution in [0.5, 0.6) is 5.75 Å². The van der Waals surface area contributed by atoms with E-state index < -0.39 is 65.7 Å². The summed E-state index contributed by atoms with van der Waals surface area (Å²) in [5.74, 6) is 0.470. The van der Waals surface area contributed by atoms with E-state index in [0.29, 0.717) is 160 Å². The van der Waals surface area contributed by atoms with Gasteiger partial charge in [-0.25, -0.2) is 14.6 Å². The number of hydrogen-bond acceptors (Lipinski definition) is 27. The Hall–Kier alpha value is -6.11. The molecule has 3 amide bonds. The highest BCUT2D eigenvalue weighted by atomic mass is 35.5. The van der Waals surface area contributed by atoms with Gasteiger partial charge >= 0.3 is 12.1 Å². The van der Waals surface area contributed by atoms with Gasteiger partial charge in [0, 0.05) is 143 Å². The summed E-state index contributed by atoms with van der Waals surface area (Å²) in [5.41, 5.74) is 28.4. The number of aliphatic hydroxyl groups is 1. The number of Topliss-reactive ketones (excluding diaryl/α,β-unsaturated/α-hetero) is 2. The first-order valence-corrected chi connectivity index (χ1v) is 38.8. The molecule has 4 heterocycles. The lowest BCUT2D eigenvalue weighted by Crippen LogP contribution is -2.63. The number of nitrogens with two attached hydrogens (primary N) is 1. The minimum absolute atomic E-state index is 0.0751. The van der Waals surface area contributed by atoms with Crippen molar-refractivity contribution in [3.63, 3.8) is 0 Å². The number of anilines is 1. The number of esters is 1. The van der Waals surface area contributed by atoms with Crippen molar-refractivity contribution in [2.75, 3.05) is 156 Å². The molecule has 0 spiro atoms. The number of pyridine rings is 1. The van der Waals surface area contributed by atoms with Gasteiger partial charge in [0.25, 0.3) is 0 Å². The molecule has 2 aromatic rings. The number of epoxide rings is 1. The zero-order chi connectivity index (χ0) is 75.7. The molecule has 1 aromatic carbocycles. The summed E-state index contributed by atoms with van der Waals surface area (Å²) in [6, 6.07) is 8.31. The van der Waals surface area contributed by atoms with E-state index in [9.17, 15) is 33.9 Å². The molecule has 2 fully saturated rings. The van der Waals surface area contributed by atoms with Gasteiger partial charge in [0.1, 0.15) is 57.3 Å². The smallest absolute Gasteiger partial charge is 0.409 e. The second-order valence-electron chi connectivity index (χ2n) is 23.5. The van der Waals surface area contributed by atoms with Crippen molar-refractivity contribution in [2.24, 2.45) is 27.0 Å². The fourth-order valence-electron chi connectivity index (χ4n) is 9.94. The number of likely N-dealkylation sites (N-methyl/N-ethyl adjacent to an activating group) is 1. The SMILES string of the molecule is COc1cc2cc(c1Cl)N(C)C(=O)C[C@@H](OC(=O)[C@@H](C)N(C)C(=O)CCSSCCC(=O)CCCOCCOCCN=[N+]=[N-])[C@]1(C)O[C@@H]1[C@@H](C)[C@H]1C[C@](O)(NC(=O)O1)[C@@H](OC)/C=C/C=C(\C)C2.[N-]=[N+]=NCCOCCOCCCC(=O)CCSSc1ccccn1.[N-]=[N+]=NCCOCCOCCN. The minimum atomic E-state index is -1.85. The molecule has 0 radical (unpaired) electrons. The third-order valence-electron chi connectivity index (χ3n) is 15.8. The number of ketones is 2. The number of azide groups is 3. The predicted octanol–water partition coefficient (Wildman–Crippen LogP) is 10.6. The van der Waals surface area contributed by atoms with Gasteiger partial charge in [-0.1, -0.05) is 96.1 Å². The molecule has 5 rings (SSSR count). The van der Waals surface area contributed by atoms with Crippen molar-refractivity contribution < 1.29 is 86.0 Å². The quantitative estimate of drug-likeness (QED) is 0.0105. The van der Waals surface area contributed by atoms with Gasteiger partial charge in [-0.3, -0.25) is 24.5 Å². The zero-order valence-corrected chi connectivity index (χ0v) is 64.0. The number of aromatic nitrogens is 1. The first-order chi connectivity index (χ1) is 49.6. The van der Waals surface area contributed by atoms with E-state index in [2.05, 4.69) is 40.4 Å². The zero-order valence-electron chi connectivity index (χ0n) is 60.0. The standard InChI is InChI=1S/C45H65ClN6O13S2.C15H22N4O3S2.C6H14N4O2/c1-28-11-9-13-36(60-8)45(58)27-35(63-43(57)49-45)29(2)41-44(4,65-41)37(26-39(55)52(6)33-24-31(23-28)25-34(59-7)40(33)46)64-42(56)30(3)51(5)38(54)15-22-67-66-21-14-32(53)12-10-17-61-19-20-62-18-16-48-50-47;16-19-18-8-10-22-12-11-21-9-3-4-14(20)6-13-23-24-15-5-1-2-7-17-15;7-1-3-11-5-6-12-4-2-9-10-8/h9,11,13,24-25,29-30,35-37,41,58H,10,12,14-23,26-27H2,1-8H3,(H,49,57);1-2,5,7H,3-4,6,8-13H2;1-7H2/b13-9+,28-11+;;/t29-,30+,35+,36-,37+,41+,44-,45+;;/m0../s1. The Bertz CT molecular complexity index is 3110. The fourth-order valence-corrected chi connectivity index (χ4v) is 14.2. The Morgan fingerprint density at radius 2 is 1.38 bits per heavy atom. The molecule has 3 aliphatic heterocycles. The van der Waals surface area contributed by atoms with Crippen molar-refractivity contribution in [3.05, 3.63) is 102 Å².